The van der Waals surface area contributed by atoms with Gasteiger partial charge in [0.15, 0.2) is 5.78 Å². The number of hydrogen-bond acceptors (Lipinski definition) is 3. The van der Waals surface area contributed by atoms with Gasteiger partial charge in [-0.25, -0.2) is 9.18 Å². The lowest BCUT2D eigenvalue weighted by atomic mass is 10.1. The van der Waals surface area contributed by atoms with E-state index in [1.165, 1.54) is 26.2 Å². The fourth-order valence-corrected chi connectivity index (χ4v) is 1.87. The number of aryl methyl sites for hydroxylation is 1. The van der Waals surface area contributed by atoms with Crippen LogP contribution in [-0.2, 0) is 14.1 Å². The molecular weight excluding hydrogens is 287 g/mol. The molecule has 0 radical (unpaired) electrons. The molecule has 0 aliphatic carbocycles. The lowest BCUT2D eigenvalue weighted by molar-refractivity contribution is 0.103. The van der Waals surface area contributed by atoms with Crippen LogP contribution >= 0.6 is 11.6 Å². The van der Waals surface area contributed by atoms with Gasteiger partial charge in [-0.05, 0) is 18.2 Å². The van der Waals surface area contributed by atoms with Gasteiger partial charge < -0.3 is 4.57 Å². The van der Waals surface area contributed by atoms with Crippen molar-refractivity contribution in [3.63, 3.8) is 0 Å². The molecule has 0 aliphatic heterocycles. The van der Waals surface area contributed by atoms with E-state index in [1.807, 2.05) is 0 Å². The van der Waals surface area contributed by atoms with Crippen LogP contribution in [0, 0.1) is 5.82 Å². The smallest absolute Gasteiger partial charge is 0.303 e. The topological polar surface area (TPSA) is 61.1 Å². The van der Waals surface area contributed by atoms with E-state index in [-0.39, 0.29) is 16.1 Å². The Bertz CT molecular complexity index is 823. The van der Waals surface area contributed by atoms with E-state index >= 15 is 0 Å². The molecule has 2 rings (SSSR count). The highest BCUT2D eigenvalue weighted by Crippen LogP contribution is 2.17. The molecule has 0 saturated heterocycles. The third-order valence-corrected chi connectivity index (χ3v) is 3.18. The summed E-state index contributed by atoms with van der Waals surface area (Å²) in [7, 11) is 2.69. The van der Waals surface area contributed by atoms with Crippen LogP contribution in [0.2, 0.25) is 5.02 Å². The molecule has 1 aromatic heterocycles. The van der Waals surface area contributed by atoms with Gasteiger partial charge in [-0.2, -0.15) is 0 Å². The largest absolute Gasteiger partial charge is 0.330 e. The van der Waals surface area contributed by atoms with Crippen molar-refractivity contribution in [2.75, 3.05) is 0 Å². The molecule has 7 heteroatoms. The van der Waals surface area contributed by atoms with Crippen molar-refractivity contribution in [3.05, 3.63) is 67.2 Å². The minimum Gasteiger partial charge on any atom is -0.303 e. The highest BCUT2D eigenvalue weighted by Gasteiger charge is 2.17. The molecule has 5 nitrogen and oxygen atoms in total. The summed E-state index contributed by atoms with van der Waals surface area (Å²) in [6.07, 6.45) is 1.14. The number of nitrogens with zero attached hydrogens (tertiary/aromatic N) is 2. The first-order chi connectivity index (χ1) is 9.32. The van der Waals surface area contributed by atoms with Crippen molar-refractivity contribution in [1.82, 2.24) is 9.13 Å². The minimum absolute atomic E-state index is 0.0114. The van der Waals surface area contributed by atoms with Crippen molar-refractivity contribution in [3.8, 4) is 0 Å². The Morgan fingerprint density at radius 1 is 1.25 bits per heavy atom. The van der Waals surface area contributed by atoms with Crippen LogP contribution in [0.15, 0.2) is 34.0 Å². The van der Waals surface area contributed by atoms with Gasteiger partial charge >= 0.3 is 5.69 Å². The number of aromatic nitrogens is 2. The Hall–Kier alpha value is -2.21. The van der Waals surface area contributed by atoms with Gasteiger partial charge in [-0.15, -0.1) is 0 Å². The second-order valence-electron chi connectivity index (χ2n) is 4.26. The van der Waals surface area contributed by atoms with E-state index < -0.39 is 22.8 Å². The first-order valence-corrected chi connectivity index (χ1v) is 5.97. The summed E-state index contributed by atoms with van der Waals surface area (Å²) in [5, 5.41) is -0.116. The predicted molar refractivity (Wildman–Crippen MR) is 71.8 cm³/mol. The fraction of sp³-hybridized carbons (Fsp3) is 0.154. The molecule has 0 atom stereocenters. The molecule has 0 bridgehead atoms. The minimum atomic E-state index is -0.751. The van der Waals surface area contributed by atoms with E-state index in [4.69, 9.17) is 11.6 Å². The fourth-order valence-electron chi connectivity index (χ4n) is 1.76. The lowest BCUT2D eigenvalue weighted by Crippen LogP contribution is -2.39. The zero-order valence-electron chi connectivity index (χ0n) is 10.7. The standard InChI is InChI=1S/C13H10ClFN2O3/c1-16-6-8(12(19)17(2)13(16)20)11(18)7-3-4-9(14)10(15)5-7/h3-6H,1-2H3. The molecule has 0 aliphatic rings. The third kappa shape index (κ3) is 2.30. The summed E-state index contributed by atoms with van der Waals surface area (Å²) in [4.78, 5) is 35.7. The van der Waals surface area contributed by atoms with Gasteiger partial charge in [0, 0.05) is 25.9 Å². The average molecular weight is 297 g/mol. The summed E-state index contributed by atoms with van der Waals surface area (Å²) in [6.45, 7) is 0. The number of halogens is 2. The molecule has 0 saturated carbocycles. The average Bonchev–Trinajstić information content (AvgIpc) is 2.43. The second kappa shape index (κ2) is 5.05. The van der Waals surface area contributed by atoms with Crippen LogP contribution in [0.5, 0.6) is 0 Å². The van der Waals surface area contributed by atoms with E-state index in [0.29, 0.717) is 0 Å². The quantitative estimate of drug-likeness (QED) is 0.780. The zero-order valence-corrected chi connectivity index (χ0v) is 11.4. The molecule has 20 heavy (non-hydrogen) atoms. The van der Waals surface area contributed by atoms with Gasteiger partial charge in [0.05, 0.1) is 5.02 Å². The van der Waals surface area contributed by atoms with Crippen LogP contribution in [-0.4, -0.2) is 14.9 Å². The first-order valence-electron chi connectivity index (χ1n) is 5.59. The molecule has 0 spiro atoms. The maximum absolute atomic E-state index is 13.4. The maximum atomic E-state index is 13.4. The number of benzene rings is 1. The third-order valence-electron chi connectivity index (χ3n) is 2.87. The lowest BCUT2D eigenvalue weighted by Gasteiger charge is -2.06. The molecular formula is C13H10ClFN2O3. The Morgan fingerprint density at radius 3 is 2.50 bits per heavy atom. The first kappa shape index (κ1) is 14.2. The van der Waals surface area contributed by atoms with Crippen LogP contribution < -0.4 is 11.2 Å². The molecule has 1 aromatic carbocycles. The van der Waals surface area contributed by atoms with Gasteiger partial charge in [0.2, 0.25) is 0 Å². The number of carbonyl (C=O) groups excluding carboxylic acids is 1. The second-order valence-corrected chi connectivity index (χ2v) is 4.67. The van der Waals surface area contributed by atoms with Crippen LogP contribution in [0.3, 0.4) is 0 Å². The van der Waals surface area contributed by atoms with Gasteiger partial charge in [-0.3, -0.25) is 14.2 Å². The van der Waals surface area contributed by atoms with Crippen molar-refractivity contribution in [2.45, 2.75) is 0 Å². The monoisotopic (exact) mass is 296 g/mol. The van der Waals surface area contributed by atoms with E-state index in [2.05, 4.69) is 0 Å². The molecule has 1 heterocycles. The summed E-state index contributed by atoms with van der Waals surface area (Å²) in [6, 6.07) is 3.50. The SMILES string of the molecule is Cn1cc(C(=O)c2ccc(Cl)c(F)c2)c(=O)n(C)c1=O. The van der Waals surface area contributed by atoms with Crippen molar-refractivity contribution in [2.24, 2.45) is 14.1 Å². The highest BCUT2D eigenvalue weighted by atomic mass is 35.5. The molecule has 0 amide bonds. The summed E-state index contributed by atoms with van der Waals surface area (Å²) in [5.41, 5.74) is -1.50. The highest BCUT2D eigenvalue weighted by molar-refractivity contribution is 6.30. The van der Waals surface area contributed by atoms with E-state index in [9.17, 15) is 18.8 Å². The summed E-state index contributed by atoms with van der Waals surface area (Å²) < 4.78 is 15.3. The molecule has 2 aromatic rings. The van der Waals surface area contributed by atoms with E-state index in [1.54, 1.807) is 0 Å². The number of carbonyl (C=O) groups is 1. The van der Waals surface area contributed by atoms with Gasteiger partial charge in [-0.1, -0.05) is 11.6 Å². The molecule has 104 valence electrons. The van der Waals surface area contributed by atoms with Crippen LogP contribution in [0.25, 0.3) is 0 Å². The molecule has 0 unspecified atom stereocenters. The normalized spacial score (nSPS) is 10.6. The van der Waals surface area contributed by atoms with E-state index in [0.717, 1.165) is 21.4 Å². The number of ketones is 1. The van der Waals surface area contributed by atoms with Gasteiger partial charge in [0.25, 0.3) is 5.56 Å². The maximum Gasteiger partial charge on any atom is 0.330 e. The summed E-state index contributed by atoms with van der Waals surface area (Å²) in [5.74, 6) is -1.42. The van der Waals surface area contributed by atoms with Crippen molar-refractivity contribution >= 4 is 17.4 Å². The molecule has 0 fully saturated rings. The number of hydrogen-bond donors (Lipinski definition) is 0. The molecule has 0 N–H and O–H groups in total. The van der Waals surface area contributed by atoms with Crippen molar-refractivity contribution in [1.29, 1.82) is 0 Å². The Morgan fingerprint density at radius 2 is 1.90 bits per heavy atom. The predicted octanol–water partition coefficient (Wildman–Crippen LogP) is 1.11. The van der Waals surface area contributed by atoms with Crippen molar-refractivity contribution < 1.29 is 9.18 Å². The Kier molecular flexibility index (Phi) is 3.59. The Balaban J connectivity index is 2.62. The summed E-state index contributed by atoms with van der Waals surface area (Å²) >= 11 is 5.54. The van der Waals surface area contributed by atoms with Crippen LogP contribution in [0.4, 0.5) is 4.39 Å². The zero-order chi connectivity index (χ0) is 15.0. The van der Waals surface area contributed by atoms with Crippen LogP contribution in [0.1, 0.15) is 15.9 Å². The number of rotatable bonds is 2. The van der Waals surface area contributed by atoms with Gasteiger partial charge in [0.1, 0.15) is 11.4 Å². The Labute approximate surface area is 117 Å².